The average Bonchev–Trinajstić information content (AvgIpc) is 2.87. The molecule has 0 unspecified atom stereocenters. The van der Waals surface area contributed by atoms with E-state index in [-0.39, 0.29) is 11.5 Å². The van der Waals surface area contributed by atoms with Gasteiger partial charge in [-0.15, -0.1) is 0 Å². The van der Waals surface area contributed by atoms with Crippen molar-refractivity contribution in [1.82, 2.24) is 4.98 Å². The fraction of sp³-hybridized carbons (Fsp3) is 0.533. The summed E-state index contributed by atoms with van der Waals surface area (Å²) >= 11 is 0. The summed E-state index contributed by atoms with van der Waals surface area (Å²) in [5.74, 6) is -0.680. The van der Waals surface area contributed by atoms with Crippen LogP contribution in [0.25, 0.3) is 0 Å². The summed E-state index contributed by atoms with van der Waals surface area (Å²) < 4.78 is 44.4. The Kier molecular flexibility index (Phi) is 4.24. The van der Waals surface area contributed by atoms with Crippen LogP contribution in [-0.2, 0) is 15.7 Å². The van der Waals surface area contributed by atoms with Crippen molar-refractivity contribution in [3.8, 4) is 6.07 Å². The van der Waals surface area contributed by atoms with Crippen LogP contribution < -0.4 is 4.90 Å². The molecule has 1 aliphatic heterocycles. The molecule has 0 saturated carbocycles. The first-order valence-electron chi connectivity index (χ1n) is 7.00. The molecule has 0 amide bonds. The molecule has 1 aromatic rings. The summed E-state index contributed by atoms with van der Waals surface area (Å²) in [7, 11) is 1.22. The van der Waals surface area contributed by atoms with E-state index in [0.29, 0.717) is 19.4 Å². The van der Waals surface area contributed by atoms with Crippen molar-refractivity contribution in [1.29, 1.82) is 5.26 Å². The highest BCUT2D eigenvalue weighted by atomic mass is 19.4. The van der Waals surface area contributed by atoms with Crippen LogP contribution in [0, 0.1) is 18.3 Å². The van der Waals surface area contributed by atoms with Crippen molar-refractivity contribution in [2.75, 3.05) is 18.6 Å². The average molecular weight is 327 g/mol. The molecule has 1 fully saturated rings. The maximum Gasteiger partial charge on any atom is 0.417 e. The van der Waals surface area contributed by atoms with Crippen LogP contribution in [0.2, 0.25) is 0 Å². The number of halogens is 3. The third-order valence-electron chi connectivity index (χ3n) is 4.07. The first-order valence-corrected chi connectivity index (χ1v) is 7.00. The SMILES string of the molecule is COC(=O)[C@]1(C)CCCN1c1nc(C)cc(C(F)(F)F)c1C#N. The van der Waals surface area contributed by atoms with Crippen molar-refractivity contribution < 1.29 is 22.7 Å². The minimum atomic E-state index is -4.67. The summed E-state index contributed by atoms with van der Waals surface area (Å²) in [4.78, 5) is 17.6. The molecule has 0 aromatic carbocycles. The van der Waals surface area contributed by atoms with E-state index in [4.69, 9.17) is 4.74 Å². The number of methoxy groups -OCH3 is 1. The lowest BCUT2D eigenvalue weighted by Gasteiger charge is -2.34. The Morgan fingerprint density at radius 3 is 2.70 bits per heavy atom. The number of aryl methyl sites for hydroxylation is 1. The van der Waals surface area contributed by atoms with Gasteiger partial charge in [0.05, 0.1) is 12.7 Å². The second-order valence-corrected chi connectivity index (χ2v) is 5.64. The quantitative estimate of drug-likeness (QED) is 0.782. The van der Waals surface area contributed by atoms with Crippen molar-refractivity contribution in [2.24, 2.45) is 0 Å². The zero-order valence-corrected chi connectivity index (χ0v) is 13.0. The lowest BCUT2D eigenvalue weighted by Crippen LogP contribution is -2.49. The van der Waals surface area contributed by atoms with Gasteiger partial charge >= 0.3 is 12.1 Å². The smallest absolute Gasteiger partial charge is 0.417 e. The van der Waals surface area contributed by atoms with Crippen molar-refractivity contribution in [3.63, 3.8) is 0 Å². The largest absolute Gasteiger partial charge is 0.467 e. The zero-order valence-electron chi connectivity index (χ0n) is 13.0. The van der Waals surface area contributed by atoms with Gasteiger partial charge in [0.2, 0.25) is 0 Å². The Bertz CT molecular complexity index is 682. The Balaban J connectivity index is 2.66. The number of carbonyl (C=O) groups is 1. The van der Waals surface area contributed by atoms with Gasteiger partial charge in [-0.25, -0.2) is 9.78 Å². The van der Waals surface area contributed by atoms with Gasteiger partial charge in [0.1, 0.15) is 23.0 Å². The second kappa shape index (κ2) is 5.72. The van der Waals surface area contributed by atoms with Gasteiger partial charge in [-0.05, 0) is 32.8 Å². The number of hydrogen-bond donors (Lipinski definition) is 0. The van der Waals surface area contributed by atoms with Gasteiger partial charge in [0.25, 0.3) is 0 Å². The van der Waals surface area contributed by atoms with Gasteiger partial charge in [-0.1, -0.05) is 0 Å². The molecule has 1 aliphatic rings. The van der Waals surface area contributed by atoms with E-state index < -0.39 is 28.8 Å². The lowest BCUT2D eigenvalue weighted by molar-refractivity contribution is -0.146. The number of ether oxygens (including phenoxy) is 1. The molecule has 5 nitrogen and oxygen atoms in total. The van der Waals surface area contributed by atoms with E-state index in [1.165, 1.54) is 18.9 Å². The van der Waals surface area contributed by atoms with Crippen molar-refractivity contribution in [3.05, 3.63) is 22.9 Å². The number of aromatic nitrogens is 1. The maximum absolute atomic E-state index is 13.2. The topological polar surface area (TPSA) is 66.2 Å². The minimum absolute atomic E-state index is 0.120. The van der Waals surface area contributed by atoms with Gasteiger partial charge in [-0.2, -0.15) is 18.4 Å². The predicted octanol–water partition coefficient (Wildman–Crippen LogP) is 2.81. The molecule has 0 radical (unpaired) electrons. The number of pyridine rings is 1. The molecular weight excluding hydrogens is 311 g/mol. The number of carbonyl (C=O) groups excluding carboxylic acids is 1. The van der Waals surface area contributed by atoms with Gasteiger partial charge in [0.15, 0.2) is 0 Å². The molecule has 1 saturated heterocycles. The van der Waals surface area contributed by atoms with Crippen molar-refractivity contribution in [2.45, 2.75) is 38.4 Å². The Labute approximate surface area is 131 Å². The molecule has 0 bridgehead atoms. The molecule has 124 valence electrons. The highest BCUT2D eigenvalue weighted by Crippen LogP contribution is 2.40. The molecule has 0 aliphatic carbocycles. The van der Waals surface area contributed by atoms with Crippen molar-refractivity contribution >= 4 is 11.8 Å². The van der Waals surface area contributed by atoms with Crippen LogP contribution in [0.3, 0.4) is 0 Å². The fourth-order valence-electron chi connectivity index (χ4n) is 2.92. The zero-order chi connectivity index (χ0) is 17.4. The van der Waals surface area contributed by atoms with E-state index in [1.807, 2.05) is 0 Å². The first-order chi connectivity index (χ1) is 10.6. The number of alkyl halides is 3. The standard InChI is InChI=1S/C15H16F3N3O2/c1-9-7-11(15(16,17)18)10(8-19)12(20-9)21-6-4-5-14(21,2)13(22)23-3/h7H,4-6H2,1-3H3/t14-/m0/s1. The van der Waals surface area contributed by atoms with E-state index in [9.17, 15) is 23.2 Å². The van der Waals surface area contributed by atoms with Crippen LogP contribution >= 0.6 is 0 Å². The number of hydrogen-bond acceptors (Lipinski definition) is 5. The third kappa shape index (κ3) is 2.83. The summed E-state index contributed by atoms with van der Waals surface area (Å²) in [5.41, 5.74) is -2.61. The highest BCUT2D eigenvalue weighted by Gasteiger charge is 2.47. The second-order valence-electron chi connectivity index (χ2n) is 5.64. The molecule has 1 aromatic heterocycles. The number of anilines is 1. The summed E-state index contributed by atoms with van der Waals surface area (Å²) in [6.07, 6.45) is -3.66. The summed E-state index contributed by atoms with van der Waals surface area (Å²) in [6.45, 7) is 3.34. The molecule has 23 heavy (non-hydrogen) atoms. The van der Waals surface area contributed by atoms with Crippen LogP contribution in [0.4, 0.5) is 19.0 Å². The molecule has 8 heteroatoms. The van der Waals surface area contributed by atoms with Crippen LogP contribution in [0.5, 0.6) is 0 Å². The third-order valence-corrected chi connectivity index (χ3v) is 4.07. The van der Waals surface area contributed by atoms with Crippen LogP contribution in [0.15, 0.2) is 6.07 Å². The number of nitrogens with zero attached hydrogens (tertiary/aromatic N) is 3. The van der Waals surface area contributed by atoms with Crippen LogP contribution in [-0.4, -0.2) is 30.1 Å². The molecule has 2 rings (SSSR count). The first kappa shape index (κ1) is 17.1. The molecular formula is C15H16F3N3O2. The maximum atomic E-state index is 13.2. The Hall–Kier alpha value is -2.30. The molecule has 0 spiro atoms. The fourth-order valence-corrected chi connectivity index (χ4v) is 2.92. The number of rotatable bonds is 2. The summed E-state index contributed by atoms with van der Waals surface area (Å²) in [5, 5.41) is 9.25. The molecule has 1 atom stereocenters. The lowest BCUT2D eigenvalue weighted by atomic mass is 9.98. The summed E-state index contributed by atoms with van der Waals surface area (Å²) in [6, 6.07) is 2.43. The van der Waals surface area contributed by atoms with E-state index in [1.54, 1.807) is 13.0 Å². The predicted molar refractivity (Wildman–Crippen MR) is 75.7 cm³/mol. The van der Waals surface area contributed by atoms with Crippen LogP contribution in [0.1, 0.15) is 36.6 Å². The number of esters is 1. The number of nitriles is 1. The van der Waals surface area contributed by atoms with Gasteiger partial charge in [0, 0.05) is 12.2 Å². The van der Waals surface area contributed by atoms with E-state index in [2.05, 4.69) is 4.98 Å². The highest BCUT2D eigenvalue weighted by molar-refractivity contribution is 5.86. The Morgan fingerprint density at radius 2 is 2.17 bits per heavy atom. The molecule has 0 N–H and O–H groups in total. The monoisotopic (exact) mass is 327 g/mol. The molecule has 2 heterocycles. The normalized spacial score (nSPS) is 21.2. The van der Waals surface area contributed by atoms with Gasteiger partial charge in [-0.3, -0.25) is 0 Å². The minimum Gasteiger partial charge on any atom is -0.467 e. The Morgan fingerprint density at radius 1 is 1.52 bits per heavy atom. The van der Waals surface area contributed by atoms with E-state index in [0.717, 1.165) is 6.07 Å². The van der Waals surface area contributed by atoms with Gasteiger partial charge < -0.3 is 9.64 Å². The van der Waals surface area contributed by atoms with E-state index >= 15 is 0 Å².